The SMILES string of the molecule is C#Cc1c(F)ccc2cc(O)cc(-c3oc(=O)c4c(N5CC[C@H]5C)nc(OCC5(CN6CCOCC6)CC5)nc4c3C)c12. The molecule has 1 atom stereocenters. The zero-order valence-electron chi connectivity index (χ0n) is 24.3. The van der Waals surface area contributed by atoms with E-state index in [9.17, 15) is 14.3 Å². The zero-order valence-corrected chi connectivity index (χ0v) is 24.3. The number of ether oxygens (including phenoxy) is 2. The van der Waals surface area contributed by atoms with Crippen molar-refractivity contribution < 1.29 is 23.4 Å². The number of fused-ring (bicyclic) bond motifs is 2. The topological polar surface area (TPSA) is 101 Å². The molecule has 9 nitrogen and oxygen atoms in total. The van der Waals surface area contributed by atoms with E-state index < -0.39 is 11.4 Å². The number of morpholine rings is 1. The maximum absolute atomic E-state index is 14.8. The second-order valence-corrected chi connectivity index (χ2v) is 12.1. The Morgan fingerprint density at radius 1 is 1.19 bits per heavy atom. The maximum Gasteiger partial charge on any atom is 0.349 e. The minimum Gasteiger partial charge on any atom is -0.508 e. The standard InChI is InChI=1S/C33H33FN4O5/c1-4-23-25(34)6-5-21-15-22(39)16-24(26(21)23)29-20(3)28-27(31(40)43-29)30(38-10-7-19(38)2)36-32(35-28)42-18-33(8-9-33)17-37-11-13-41-14-12-37/h1,5-6,15-16,19,39H,7-14,17-18H2,2-3H3/t19-/m1/s1. The number of terminal acetylenes is 1. The molecule has 3 aliphatic rings. The highest BCUT2D eigenvalue weighted by Crippen LogP contribution is 2.47. The fourth-order valence-corrected chi connectivity index (χ4v) is 6.30. The van der Waals surface area contributed by atoms with Crippen LogP contribution in [-0.2, 0) is 4.74 Å². The van der Waals surface area contributed by atoms with Gasteiger partial charge in [0.2, 0.25) is 0 Å². The molecular formula is C33H33FN4O5. The van der Waals surface area contributed by atoms with Gasteiger partial charge in [0.25, 0.3) is 0 Å². The average Bonchev–Trinajstić information content (AvgIpc) is 3.76. The summed E-state index contributed by atoms with van der Waals surface area (Å²) in [5.74, 6) is 2.40. The van der Waals surface area contributed by atoms with E-state index in [4.69, 9.17) is 30.3 Å². The van der Waals surface area contributed by atoms with Crippen LogP contribution in [-0.4, -0.2) is 72.0 Å². The Kier molecular flexibility index (Phi) is 6.75. The van der Waals surface area contributed by atoms with Gasteiger partial charge in [0.05, 0.1) is 30.9 Å². The highest BCUT2D eigenvalue weighted by Gasteiger charge is 2.45. The first kappa shape index (κ1) is 27.6. The Bertz CT molecular complexity index is 1860. The Balaban J connectivity index is 1.35. The van der Waals surface area contributed by atoms with Gasteiger partial charge in [-0.15, -0.1) is 6.42 Å². The molecule has 2 saturated heterocycles. The second kappa shape index (κ2) is 10.5. The van der Waals surface area contributed by atoms with Gasteiger partial charge >= 0.3 is 11.6 Å². The first-order valence-corrected chi connectivity index (χ1v) is 14.7. The van der Waals surface area contributed by atoms with Crippen LogP contribution in [0, 0.1) is 30.5 Å². The monoisotopic (exact) mass is 584 g/mol. The van der Waals surface area contributed by atoms with Crippen molar-refractivity contribution >= 4 is 27.5 Å². The molecule has 1 saturated carbocycles. The molecule has 4 aromatic rings. The summed E-state index contributed by atoms with van der Waals surface area (Å²) in [7, 11) is 0. The summed E-state index contributed by atoms with van der Waals surface area (Å²) in [4.78, 5) is 27.7. The number of rotatable bonds is 7. The van der Waals surface area contributed by atoms with Crippen molar-refractivity contribution in [2.75, 3.05) is 50.9 Å². The number of hydrogen-bond donors (Lipinski definition) is 1. The molecule has 2 aliphatic heterocycles. The number of aryl methyl sites for hydroxylation is 1. The van der Waals surface area contributed by atoms with Gasteiger partial charge in [-0.05, 0) is 56.7 Å². The van der Waals surface area contributed by atoms with Crippen LogP contribution < -0.4 is 15.3 Å². The van der Waals surface area contributed by atoms with E-state index in [1.807, 2.05) is 0 Å². The summed E-state index contributed by atoms with van der Waals surface area (Å²) in [6.45, 7) is 9.34. The molecule has 0 unspecified atom stereocenters. The van der Waals surface area contributed by atoms with Crippen LogP contribution in [0.3, 0.4) is 0 Å². The van der Waals surface area contributed by atoms with E-state index in [0.29, 0.717) is 39.8 Å². The van der Waals surface area contributed by atoms with Gasteiger partial charge in [0.15, 0.2) is 5.82 Å². The number of aromatic nitrogens is 2. The average molecular weight is 585 g/mol. The summed E-state index contributed by atoms with van der Waals surface area (Å²) < 4.78 is 32.6. The predicted octanol–water partition coefficient (Wildman–Crippen LogP) is 4.63. The second-order valence-electron chi connectivity index (χ2n) is 12.1. The molecule has 0 amide bonds. The summed E-state index contributed by atoms with van der Waals surface area (Å²) >= 11 is 0. The van der Waals surface area contributed by atoms with Gasteiger partial charge < -0.3 is 23.9 Å². The van der Waals surface area contributed by atoms with Crippen molar-refractivity contribution in [1.29, 1.82) is 0 Å². The number of halogens is 1. The number of anilines is 1. The third kappa shape index (κ3) is 4.86. The van der Waals surface area contributed by atoms with E-state index >= 15 is 0 Å². The summed E-state index contributed by atoms with van der Waals surface area (Å²) in [6, 6.07) is 6.11. The third-order valence-corrected chi connectivity index (χ3v) is 9.12. The Morgan fingerprint density at radius 2 is 1.98 bits per heavy atom. The zero-order chi connectivity index (χ0) is 29.9. The Hall–Kier alpha value is -4.20. The lowest BCUT2D eigenvalue weighted by Crippen LogP contribution is -2.46. The van der Waals surface area contributed by atoms with Crippen molar-refractivity contribution in [1.82, 2.24) is 14.9 Å². The molecule has 1 N–H and O–H groups in total. The molecule has 222 valence electrons. The molecule has 1 aliphatic carbocycles. The van der Waals surface area contributed by atoms with E-state index in [1.54, 1.807) is 6.92 Å². The first-order valence-electron chi connectivity index (χ1n) is 14.7. The fraction of sp³-hybridized carbons (Fsp3) is 0.424. The predicted molar refractivity (Wildman–Crippen MR) is 161 cm³/mol. The highest BCUT2D eigenvalue weighted by molar-refractivity contribution is 6.03. The molecule has 3 fully saturated rings. The van der Waals surface area contributed by atoms with Gasteiger partial charge in [-0.3, -0.25) is 4.90 Å². The molecule has 4 heterocycles. The molecule has 43 heavy (non-hydrogen) atoms. The quantitative estimate of drug-likeness (QED) is 0.312. The molecule has 10 heteroatoms. The lowest BCUT2D eigenvalue weighted by molar-refractivity contribution is 0.0231. The molecule has 2 aromatic heterocycles. The number of benzene rings is 2. The number of hydrogen-bond acceptors (Lipinski definition) is 9. The third-order valence-electron chi connectivity index (χ3n) is 9.12. The van der Waals surface area contributed by atoms with Crippen LogP contribution in [0.15, 0.2) is 33.5 Å². The van der Waals surface area contributed by atoms with Gasteiger partial charge in [-0.25, -0.2) is 9.18 Å². The molecule has 0 bridgehead atoms. The lowest BCUT2D eigenvalue weighted by Gasteiger charge is -2.40. The van der Waals surface area contributed by atoms with Gasteiger partial charge in [0.1, 0.15) is 22.7 Å². The Labute approximate surface area is 248 Å². The summed E-state index contributed by atoms with van der Waals surface area (Å²) in [5, 5.41) is 11.7. The van der Waals surface area contributed by atoms with E-state index in [0.717, 1.165) is 58.7 Å². The van der Waals surface area contributed by atoms with Crippen LogP contribution >= 0.6 is 0 Å². The van der Waals surface area contributed by atoms with Crippen molar-refractivity contribution in [2.24, 2.45) is 5.41 Å². The number of phenols is 1. The lowest BCUT2D eigenvalue weighted by atomic mass is 9.95. The van der Waals surface area contributed by atoms with Gasteiger partial charge in [0, 0.05) is 54.1 Å². The van der Waals surface area contributed by atoms with Crippen molar-refractivity contribution in [2.45, 2.75) is 39.2 Å². The summed E-state index contributed by atoms with van der Waals surface area (Å²) in [6.07, 6.45) is 8.82. The first-order chi connectivity index (χ1) is 20.8. The number of aromatic hydroxyl groups is 1. The van der Waals surface area contributed by atoms with Crippen LogP contribution in [0.5, 0.6) is 11.8 Å². The highest BCUT2D eigenvalue weighted by atomic mass is 19.1. The van der Waals surface area contributed by atoms with Crippen LogP contribution in [0.1, 0.15) is 37.3 Å². The van der Waals surface area contributed by atoms with E-state index in [-0.39, 0.29) is 39.9 Å². The van der Waals surface area contributed by atoms with Crippen LogP contribution in [0.2, 0.25) is 0 Å². The largest absolute Gasteiger partial charge is 0.508 e. The van der Waals surface area contributed by atoms with Crippen LogP contribution in [0.4, 0.5) is 10.2 Å². The van der Waals surface area contributed by atoms with E-state index in [2.05, 4.69) is 22.6 Å². The van der Waals surface area contributed by atoms with Gasteiger partial charge in [-0.1, -0.05) is 12.0 Å². The Morgan fingerprint density at radius 3 is 2.65 bits per heavy atom. The number of nitrogens with zero attached hydrogens (tertiary/aromatic N) is 4. The smallest absolute Gasteiger partial charge is 0.349 e. The molecule has 2 aromatic carbocycles. The van der Waals surface area contributed by atoms with Crippen molar-refractivity contribution in [3.63, 3.8) is 0 Å². The fourth-order valence-electron chi connectivity index (χ4n) is 6.30. The van der Waals surface area contributed by atoms with Crippen LogP contribution in [0.25, 0.3) is 33.0 Å². The van der Waals surface area contributed by atoms with E-state index in [1.165, 1.54) is 24.3 Å². The normalized spacial score (nSPS) is 19.8. The molecule has 7 rings (SSSR count). The molecule has 0 spiro atoms. The molecular weight excluding hydrogens is 551 g/mol. The minimum absolute atomic E-state index is 0.0199. The van der Waals surface area contributed by atoms with Crippen molar-refractivity contribution in [3.05, 3.63) is 51.6 Å². The minimum atomic E-state index is -0.627. The van der Waals surface area contributed by atoms with Gasteiger partial charge in [-0.2, -0.15) is 9.97 Å². The van der Waals surface area contributed by atoms with Crippen molar-refractivity contribution in [3.8, 4) is 35.4 Å². The maximum atomic E-state index is 14.8. The summed E-state index contributed by atoms with van der Waals surface area (Å²) in [5.41, 5.74) is 0.667. The molecule has 0 radical (unpaired) electrons. The number of phenolic OH excluding ortho intramolecular Hbond substituents is 1.